The van der Waals surface area contributed by atoms with Crippen molar-refractivity contribution in [1.29, 1.82) is 0 Å². The SMILES string of the molecule is C1CC2COC(C1)C2.C1CCCOCC1.C1CCOC1.C1CCOCC1.C1OC2CC3CC1C2C3.CC.CC.CC.CC.CC.CC.CC.CC.CC.CC.CC.O=C1C2CC3CC(C2)CC1C3.O=C1CC2CCC1C2.O=C1CC2CCCC1C2.O=C1CCCCO1.O=C1CCCO1.O=C1OC2CC3CC1C2C3. The number of ether oxygens (including phenoxy) is 8. The topological polar surface area (TPSA) is 176 Å². The molecule has 0 aromatic carbocycles. The first-order valence-corrected chi connectivity index (χ1v) is 47.1. The average Bonchev–Trinajstić information content (AvgIpc) is 1.68. The highest BCUT2D eigenvalue weighted by Gasteiger charge is 2.56. The fourth-order valence-electron chi connectivity index (χ4n) is 18.8. The van der Waals surface area contributed by atoms with Gasteiger partial charge in [0.15, 0.2) is 0 Å². The third-order valence-electron chi connectivity index (χ3n) is 23.3. The van der Waals surface area contributed by atoms with Crippen LogP contribution in [0.5, 0.6) is 0 Å². The van der Waals surface area contributed by atoms with E-state index in [9.17, 15) is 28.8 Å². The van der Waals surface area contributed by atoms with Crippen LogP contribution in [0.3, 0.4) is 0 Å². The predicted octanol–water partition coefficient (Wildman–Crippen LogP) is 25.0. The van der Waals surface area contributed by atoms with Crippen LogP contribution in [-0.4, -0.2) is 120 Å². The van der Waals surface area contributed by atoms with Gasteiger partial charge in [-0.15, -0.1) is 0 Å². The number of hydrogen-bond acceptors (Lipinski definition) is 14. The van der Waals surface area contributed by atoms with E-state index in [1.807, 2.05) is 152 Å². The van der Waals surface area contributed by atoms with Gasteiger partial charge in [0.05, 0.1) is 37.9 Å². The summed E-state index contributed by atoms with van der Waals surface area (Å²) < 4.78 is 40.7. The zero-order valence-electron chi connectivity index (χ0n) is 75.0. The molecule has 13 saturated carbocycles. The van der Waals surface area contributed by atoms with Gasteiger partial charge in [0.1, 0.15) is 23.5 Å². The van der Waals surface area contributed by atoms with Gasteiger partial charge in [0, 0.05) is 102 Å². The molecule has 0 aromatic heterocycles. The number of cyclic esters (lactones) is 2. The Balaban J connectivity index is 0. The lowest BCUT2D eigenvalue weighted by molar-refractivity contribution is -0.147. The molecule has 108 heavy (non-hydrogen) atoms. The van der Waals surface area contributed by atoms with Gasteiger partial charge in [-0.05, 0) is 246 Å². The van der Waals surface area contributed by atoms with E-state index in [4.69, 9.17) is 28.4 Å². The molecule has 0 spiro atoms. The molecule has 8 heterocycles. The molecule has 14 bridgehead atoms. The van der Waals surface area contributed by atoms with E-state index in [0.29, 0.717) is 97.2 Å². The summed E-state index contributed by atoms with van der Waals surface area (Å²) in [6, 6.07) is 0. The Bertz CT molecular complexity index is 2010. The third-order valence-corrected chi connectivity index (χ3v) is 23.3. The van der Waals surface area contributed by atoms with Gasteiger partial charge in [-0.25, -0.2) is 0 Å². The number of esters is 3. The van der Waals surface area contributed by atoms with Crippen LogP contribution >= 0.6 is 0 Å². The molecule has 21 fully saturated rings. The van der Waals surface area contributed by atoms with E-state index in [0.717, 1.165) is 151 Å². The second-order valence-corrected chi connectivity index (χ2v) is 29.8. The molecule has 0 N–H and O–H groups in total. The molecule has 14 heteroatoms. The highest BCUT2D eigenvalue weighted by Crippen LogP contribution is 2.55. The second-order valence-electron chi connectivity index (χ2n) is 29.8. The summed E-state index contributed by atoms with van der Waals surface area (Å²) in [5.74, 6) is 12.9. The van der Waals surface area contributed by atoms with Crippen molar-refractivity contribution in [2.24, 2.45) is 88.8 Å². The van der Waals surface area contributed by atoms with Gasteiger partial charge in [0.2, 0.25) is 0 Å². The van der Waals surface area contributed by atoms with E-state index in [2.05, 4.69) is 9.47 Å². The fraction of sp³-hybridized carbons (Fsp3) is 0.936. The molecule has 14 unspecified atom stereocenters. The van der Waals surface area contributed by atoms with Crippen molar-refractivity contribution in [2.45, 2.75) is 415 Å². The van der Waals surface area contributed by atoms with Crippen LogP contribution in [0.2, 0.25) is 0 Å². The van der Waals surface area contributed by atoms with E-state index in [1.165, 1.54) is 186 Å². The van der Waals surface area contributed by atoms with Gasteiger partial charge in [-0.3, -0.25) is 28.8 Å². The smallest absolute Gasteiger partial charge is 0.309 e. The quantitative estimate of drug-likeness (QED) is 0.165. The monoisotopic (exact) mass is 1530 g/mol. The predicted molar refractivity (Wildman–Crippen MR) is 451 cm³/mol. The number of carbonyl (C=O) groups excluding carboxylic acids is 6. The number of Topliss-reactive ketones (excluding diaryl/α,β-unsaturated/α-hetero) is 3. The fourth-order valence-corrected chi connectivity index (χ4v) is 18.8. The first-order chi connectivity index (χ1) is 53.1. The molecule has 14 nitrogen and oxygen atoms in total. The molecule has 14 atom stereocenters. The van der Waals surface area contributed by atoms with E-state index < -0.39 is 0 Å². The first-order valence-electron chi connectivity index (χ1n) is 47.1. The van der Waals surface area contributed by atoms with Crippen molar-refractivity contribution in [3.8, 4) is 0 Å². The van der Waals surface area contributed by atoms with E-state index in [-0.39, 0.29) is 17.9 Å². The van der Waals surface area contributed by atoms with Crippen molar-refractivity contribution >= 4 is 35.3 Å². The summed E-state index contributed by atoms with van der Waals surface area (Å²) in [7, 11) is 0. The Hall–Kier alpha value is -2.78. The minimum Gasteiger partial charge on any atom is -0.466 e. The van der Waals surface area contributed by atoms with Gasteiger partial charge < -0.3 is 37.9 Å². The minimum atomic E-state index is -0.0463. The van der Waals surface area contributed by atoms with Crippen molar-refractivity contribution in [2.75, 3.05) is 66.1 Å². The second kappa shape index (κ2) is 70.8. The zero-order valence-corrected chi connectivity index (χ0v) is 75.0. The van der Waals surface area contributed by atoms with Gasteiger partial charge in [-0.2, -0.15) is 0 Å². The summed E-state index contributed by atoms with van der Waals surface area (Å²) >= 11 is 0. The number of rotatable bonds is 0. The molecule has 0 aromatic rings. The van der Waals surface area contributed by atoms with Crippen LogP contribution in [0.15, 0.2) is 0 Å². The number of fused-ring (bicyclic) bond motifs is 8. The van der Waals surface area contributed by atoms with Crippen molar-refractivity contribution in [3.05, 3.63) is 0 Å². The molecule has 640 valence electrons. The van der Waals surface area contributed by atoms with Crippen molar-refractivity contribution in [1.82, 2.24) is 0 Å². The lowest BCUT2D eigenvalue weighted by atomic mass is 9.56. The lowest BCUT2D eigenvalue weighted by Gasteiger charge is -2.48. The Labute approximate surface area is 668 Å². The molecule has 13 aliphatic carbocycles. The lowest BCUT2D eigenvalue weighted by Crippen LogP contribution is -2.45. The highest BCUT2D eigenvalue weighted by molar-refractivity contribution is 5.85. The maximum atomic E-state index is 11.6. The summed E-state index contributed by atoms with van der Waals surface area (Å²) in [6.45, 7) is 53.4. The molecular weight excluding hydrogens is 1350 g/mol. The number of hydrogen-bond donors (Lipinski definition) is 0. The summed E-state index contributed by atoms with van der Waals surface area (Å²) in [5.41, 5.74) is 0. The Morgan fingerprint density at radius 3 is 1.03 bits per heavy atom. The van der Waals surface area contributed by atoms with E-state index in [1.54, 1.807) is 0 Å². The third kappa shape index (κ3) is 41.5. The van der Waals surface area contributed by atoms with Crippen LogP contribution in [0.25, 0.3) is 0 Å². The number of ketones is 3. The molecule has 21 aliphatic rings. The standard InChI is InChI=1S/C10H14O.C8H10O2.2C8H12O.C7H10O.C7H12O.C6H12O.C5H8O2.C5H10O.C4H6O2.C4H8O.11C2H6/c11-10-8-2-6-1-7(4-8)5-9(10)3-6;9-8-6-2-4-1-5(6)7(3-4)10-8;1-5-2-7-6(1)4-9-8(7)3-5;9-8-5-6-2-1-3-7(8)4-6;8-7-4-5-1-2-6(7)3-5;1-2-6-4-7(3-1)8-5-6;1-2-4-6-7-5-3-1;6-5-3-1-2-4-7-5;1-2-4-6-5-3-1;5-4-2-1-3-6-4;1-2-4-5-3-1;11*1-2/h6-9H,1-5H2;4-7H,1-3H2;5-8H,1-4H2;6-7H,1-5H2;5-6H,1-4H2;6-7H,1-5H2;1-6H2;1-4H2;1-5H2;1-3H2;1-4H2;11*1-2H3. The van der Waals surface area contributed by atoms with Gasteiger partial charge in [0.25, 0.3) is 0 Å². The summed E-state index contributed by atoms with van der Waals surface area (Å²) in [6.07, 6.45) is 48.2. The molecule has 0 radical (unpaired) electrons. The van der Waals surface area contributed by atoms with Crippen LogP contribution in [0.1, 0.15) is 396 Å². The maximum Gasteiger partial charge on any atom is 0.309 e. The Kier molecular flexibility index (Phi) is 70.3. The van der Waals surface area contributed by atoms with Crippen LogP contribution in [0, 0.1) is 88.8 Å². The summed E-state index contributed by atoms with van der Waals surface area (Å²) in [4.78, 5) is 64.8. The molecule has 0 amide bonds. The Morgan fingerprint density at radius 1 is 0.278 bits per heavy atom. The van der Waals surface area contributed by atoms with Crippen molar-refractivity contribution < 1.29 is 66.7 Å². The van der Waals surface area contributed by atoms with E-state index >= 15 is 0 Å². The van der Waals surface area contributed by atoms with Crippen LogP contribution in [-0.2, 0) is 66.7 Å². The zero-order chi connectivity index (χ0) is 81.5. The first kappa shape index (κ1) is 107. The maximum absolute atomic E-state index is 11.6. The molecule has 8 saturated heterocycles. The molecule has 8 aliphatic heterocycles. The minimum absolute atomic E-state index is 0.0359. The van der Waals surface area contributed by atoms with Crippen LogP contribution < -0.4 is 0 Å². The highest BCUT2D eigenvalue weighted by atomic mass is 16.6. The average molecular weight is 1530 g/mol. The molecular formula is C94H180O14. The number of carbonyl (C=O) groups is 6. The summed E-state index contributed by atoms with van der Waals surface area (Å²) in [5, 5.41) is 0. The Morgan fingerprint density at radius 2 is 0.685 bits per heavy atom. The largest absolute Gasteiger partial charge is 0.466 e. The van der Waals surface area contributed by atoms with Gasteiger partial charge >= 0.3 is 17.9 Å². The van der Waals surface area contributed by atoms with Gasteiger partial charge in [-0.1, -0.05) is 178 Å². The van der Waals surface area contributed by atoms with Crippen LogP contribution in [0.4, 0.5) is 0 Å². The normalized spacial score (nSPS) is 32.9. The van der Waals surface area contributed by atoms with Crippen molar-refractivity contribution in [3.63, 3.8) is 0 Å². The molecule has 21 rings (SSSR count).